The Bertz CT molecular complexity index is 352. The third-order valence-electron chi connectivity index (χ3n) is 1.69. The Balaban J connectivity index is 2.52. The molecule has 0 aliphatic heterocycles. The van der Waals surface area contributed by atoms with Crippen molar-refractivity contribution in [1.82, 2.24) is 10.3 Å². The Labute approximate surface area is 86.8 Å². The lowest BCUT2D eigenvalue weighted by molar-refractivity contribution is 0.195. The fraction of sp³-hybridized carbons (Fsp3) is 0.111. The molecule has 80 valence electrons. The molecule has 0 saturated carbocycles. The van der Waals surface area contributed by atoms with E-state index in [1.54, 1.807) is 0 Å². The molecule has 1 rings (SSSR count). The highest BCUT2D eigenvalue weighted by atomic mass is 16.2. The number of nitrogens with zero attached hydrogens (tertiary/aromatic N) is 1. The Kier molecular flexibility index (Phi) is 3.64. The van der Waals surface area contributed by atoms with E-state index in [2.05, 4.69) is 0 Å². The molecule has 0 atom stereocenters. The molecule has 0 saturated heterocycles. The summed E-state index contributed by atoms with van der Waals surface area (Å²) < 4.78 is 0. The Hall–Kier alpha value is -2.08. The van der Waals surface area contributed by atoms with Crippen molar-refractivity contribution in [2.75, 3.05) is 0 Å². The number of hydrazine groups is 1. The van der Waals surface area contributed by atoms with Crippen LogP contribution in [0.15, 0.2) is 30.3 Å². The molecule has 0 aromatic heterocycles. The van der Waals surface area contributed by atoms with Gasteiger partial charge in [0.2, 0.25) is 0 Å². The quantitative estimate of drug-likeness (QED) is 0.366. The Morgan fingerprint density at radius 3 is 2.40 bits per heavy atom. The minimum Gasteiger partial charge on any atom is -0.351 e. The predicted octanol–water partition coefficient (Wildman–Crippen LogP) is 0.151. The number of urea groups is 2. The molecule has 0 aliphatic rings. The van der Waals surface area contributed by atoms with E-state index in [-0.39, 0.29) is 6.54 Å². The van der Waals surface area contributed by atoms with Crippen LogP contribution in [0.5, 0.6) is 0 Å². The summed E-state index contributed by atoms with van der Waals surface area (Å²) in [5.74, 6) is 5.41. The van der Waals surface area contributed by atoms with Gasteiger partial charge in [0.1, 0.15) is 0 Å². The first-order chi connectivity index (χ1) is 7.09. The van der Waals surface area contributed by atoms with E-state index in [0.29, 0.717) is 0 Å². The van der Waals surface area contributed by atoms with Gasteiger partial charge in [-0.3, -0.25) is 10.3 Å². The van der Waals surface area contributed by atoms with E-state index in [1.165, 1.54) is 0 Å². The number of nitrogens with two attached hydrogens (primary N) is 2. The lowest BCUT2D eigenvalue weighted by Crippen LogP contribution is -2.47. The molecule has 0 bridgehead atoms. The number of benzene rings is 1. The van der Waals surface area contributed by atoms with E-state index < -0.39 is 12.1 Å². The summed E-state index contributed by atoms with van der Waals surface area (Å²) in [6, 6.07) is 7.49. The second-order valence-electron chi connectivity index (χ2n) is 2.91. The van der Waals surface area contributed by atoms with Gasteiger partial charge in [0.25, 0.3) is 0 Å². The number of carbonyl (C=O) groups is 2. The van der Waals surface area contributed by atoms with Crippen LogP contribution >= 0.6 is 0 Å². The minimum absolute atomic E-state index is 0.208. The van der Waals surface area contributed by atoms with Gasteiger partial charge < -0.3 is 5.73 Å². The highest BCUT2D eigenvalue weighted by Crippen LogP contribution is 2.00. The van der Waals surface area contributed by atoms with E-state index in [0.717, 1.165) is 10.6 Å². The van der Waals surface area contributed by atoms with Crippen LogP contribution in [-0.2, 0) is 6.54 Å². The predicted molar refractivity (Wildman–Crippen MR) is 54.3 cm³/mol. The molecule has 6 heteroatoms. The molecular formula is C9H12N4O2. The maximum Gasteiger partial charge on any atom is 0.339 e. The van der Waals surface area contributed by atoms with Gasteiger partial charge in [0.15, 0.2) is 0 Å². The number of primary amides is 1. The number of imide groups is 1. The van der Waals surface area contributed by atoms with E-state index in [4.69, 9.17) is 11.6 Å². The van der Waals surface area contributed by atoms with E-state index >= 15 is 0 Å². The maximum atomic E-state index is 11.1. The first kappa shape index (κ1) is 11.0. The van der Waals surface area contributed by atoms with Gasteiger partial charge >= 0.3 is 12.1 Å². The third kappa shape index (κ3) is 3.65. The zero-order valence-electron chi connectivity index (χ0n) is 8.01. The second-order valence-corrected chi connectivity index (χ2v) is 2.91. The molecule has 4 amide bonds. The van der Waals surface area contributed by atoms with Crippen molar-refractivity contribution in [3.8, 4) is 0 Å². The highest BCUT2D eigenvalue weighted by molar-refractivity contribution is 5.92. The van der Waals surface area contributed by atoms with Crippen molar-refractivity contribution in [3.63, 3.8) is 0 Å². The largest absolute Gasteiger partial charge is 0.351 e. The zero-order chi connectivity index (χ0) is 11.3. The summed E-state index contributed by atoms with van der Waals surface area (Å²) in [5, 5.41) is 2.74. The SMILES string of the molecule is NC(=O)NC(=O)N(N)Cc1ccccc1. The van der Waals surface area contributed by atoms with Crippen LogP contribution in [0.4, 0.5) is 9.59 Å². The van der Waals surface area contributed by atoms with Crippen LogP contribution in [0.1, 0.15) is 5.56 Å². The molecule has 15 heavy (non-hydrogen) atoms. The van der Waals surface area contributed by atoms with Crippen LogP contribution in [0.2, 0.25) is 0 Å². The lowest BCUT2D eigenvalue weighted by Gasteiger charge is -2.15. The molecule has 1 aromatic rings. The van der Waals surface area contributed by atoms with Crippen molar-refractivity contribution >= 4 is 12.1 Å². The van der Waals surface area contributed by atoms with Gasteiger partial charge in [0.05, 0.1) is 6.54 Å². The van der Waals surface area contributed by atoms with E-state index in [1.807, 2.05) is 35.6 Å². The Morgan fingerprint density at radius 2 is 1.87 bits per heavy atom. The van der Waals surface area contributed by atoms with Crippen LogP contribution in [-0.4, -0.2) is 17.1 Å². The van der Waals surface area contributed by atoms with Crippen molar-refractivity contribution in [3.05, 3.63) is 35.9 Å². The summed E-state index contributed by atoms with van der Waals surface area (Å²) >= 11 is 0. The monoisotopic (exact) mass is 208 g/mol. The summed E-state index contributed by atoms with van der Waals surface area (Å²) in [4.78, 5) is 21.5. The van der Waals surface area contributed by atoms with Gasteiger partial charge in [-0.1, -0.05) is 30.3 Å². The van der Waals surface area contributed by atoms with Crippen molar-refractivity contribution < 1.29 is 9.59 Å². The van der Waals surface area contributed by atoms with Crippen LogP contribution in [0.3, 0.4) is 0 Å². The smallest absolute Gasteiger partial charge is 0.339 e. The normalized spacial score (nSPS) is 9.40. The molecule has 0 aliphatic carbocycles. The summed E-state index contributed by atoms with van der Waals surface area (Å²) in [7, 11) is 0. The minimum atomic E-state index is -0.927. The van der Waals surface area contributed by atoms with Gasteiger partial charge in [0, 0.05) is 0 Å². The standard InChI is InChI=1S/C9H12N4O2/c10-8(14)12-9(15)13(11)6-7-4-2-1-3-5-7/h1-5H,6,11H2,(H3,10,12,14,15). The van der Waals surface area contributed by atoms with Crippen LogP contribution in [0.25, 0.3) is 0 Å². The first-order valence-electron chi connectivity index (χ1n) is 4.26. The van der Waals surface area contributed by atoms with E-state index in [9.17, 15) is 9.59 Å². The van der Waals surface area contributed by atoms with Crippen molar-refractivity contribution in [1.29, 1.82) is 0 Å². The fourth-order valence-corrected chi connectivity index (χ4v) is 1.03. The topological polar surface area (TPSA) is 101 Å². The van der Waals surface area contributed by atoms with Crippen molar-refractivity contribution in [2.45, 2.75) is 6.54 Å². The summed E-state index contributed by atoms with van der Waals surface area (Å²) in [6.07, 6.45) is 0. The fourth-order valence-electron chi connectivity index (χ4n) is 1.03. The maximum absolute atomic E-state index is 11.1. The average Bonchev–Trinajstić information content (AvgIpc) is 2.18. The molecule has 6 nitrogen and oxygen atoms in total. The lowest BCUT2D eigenvalue weighted by atomic mass is 10.2. The average molecular weight is 208 g/mol. The number of hydrogen-bond acceptors (Lipinski definition) is 3. The van der Waals surface area contributed by atoms with Crippen LogP contribution in [0, 0.1) is 0 Å². The molecule has 0 fully saturated rings. The zero-order valence-corrected chi connectivity index (χ0v) is 8.01. The molecule has 1 aromatic carbocycles. The van der Waals surface area contributed by atoms with Gasteiger partial charge in [-0.05, 0) is 5.56 Å². The number of amides is 4. The molecular weight excluding hydrogens is 196 g/mol. The summed E-state index contributed by atoms with van der Waals surface area (Å²) in [5.41, 5.74) is 5.63. The van der Waals surface area contributed by atoms with Crippen molar-refractivity contribution in [2.24, 2.45) is 11.6 Å². The number of carbonyl (C=O) groups excluding carboxylic acids is 2. The molecule has 0 radical (unpaired) electrons. The summed E-state index contributed by atoms with van der Waals surface area (Å²) in [6.45, 7) is 0.208. The number of rotatable bonds is 2. The first-order valence-corrected chi connectivity index (χ1v) is 4.26. The molecule has 5 N–H and O–H groups in total. The second kappa shape index (κ2) is 4.97. The number of nitrogens with one attached hydrogen (secondary N) is 1. The molecule has 0 heterocycles. The van der Waals surface area contributed by atoms with Gasteiger partial charge in [-0.2, -0.15) is 0 Å². The molecule has 0 unspecified atom stereocenters. The number of hydrogen-bond donors (Lipinski definition) is 3. The third-order valence-corrected chi connectivity index (χ3v) is 1.69. The highest BCUT2D eigenvalue weighted by Gasteiger charge is 2.10. The van der Waals surface area contributed by atoms with Crippen LogP contribution < -0.4 is 16.9 Å². The Morgan fingerprint density at radius 1 is 1.27 bits per heavy atom. The van der Waals surface area contributed by atoms with Gasteiger partial charge in [-0.25, -0.2) is 15.4 Å². The van der Waals surface area contributed by atoms with Gasteiger partial charge in [-0.15, -0.1) is 0 Å². The molecule has 0 spiro atoms.